The number of nitrogens with two attached hydrogens (primary N) is 1. The van der Waals surface area contributed by atoms with Crippen LogP contribution >= 0.6 is 22.9 Å². The van der Waals surface area contributed by atoms with E-state index in [2.05, 4.69) is 15.2 Å². The van der Waals surface area contributed by atoms with Crippen molar-refractivity contribution in [3.05, 3.63) is 40.4 Å². The number of anilines is 2. The van der Waals surface area contributed by atoms with Gasteiger partial charge in [0.1, 0.15) is 28.2 Å². The van der Waals surface area contributed by atoms with E-state index in [4.69, 9.17) is 27.1 Å². The molecule has 2 aromatic carbocycles. The first-order valence-electron chi connectivity index (χ1n) is 15.8. The van der Waals surface area contributed by atoms with Crippen LogP contribution < -0.4 is 20.7 Å². The Morgan fingerprint density at radius 1 is 1.19 bits per heavy atom. The number of rotatable bonds is 7. The van der Waals surface area contributed by atoms with Crippen molar-refractivity contribution in [3.8, 4) is 23.2 Å². The largest absolute Gasteiger partial charge is 0.463 e. The summed E-state index contributed by atoms with van der Waals surface area (Å²) in [5.41, 5.74) is 4.60. The quantitative estimate of drug-likeness (QED) is 0.204. The van der Waals surface area contributed by atoms with Crippen LogP contribution in [-0.4, -0.2) is 72.7 Å². The number of nitriles is 1. The maximum Gasteiger partial charge on any atom is 0.319 e. The number of nitrogens with zero attached hydrogens (tertiary/aromatic N) is 5. The van der Waals surface area contributed by atoms with Gasteiger partial charge >= 0.3 is 6.01 Å². The van der Waals surface area contributed by atoms with E-state index < -0.39 is 29.4 Å². The molecule has 4 aromatic rings. The third kappa shape index (κ3) is 5.53. The number of hydrogen-bond acceptors (Lipinski definition) is 9. The number of likely N-dealkylation sites (tertiary alicyclic amines) is 1. The van der Waals surface area contributed by atoms with Crippen LogP contribution in [0.5, 0.6) is 6.01 Å². The fraction of sp³-hybridized carbons (Fsp3) is 0.485. The van der Waals surface area contributed by atoms with Gasteiger partial charge in [-0.3, -0.25) is 0 Å². The van der Waals surface area contributed by atoms with Crippen LogP contribution in [0.25, 0.3) is 32.1 Å². The van der Waals surface area contributed by atoms with E-state index in [1.54, 1.807) is 6.92 Å². The average molecular weight is 688 g/mol. The number of ether oxygens (including phenoxy) is 1. The molecule has 8 nitrogen and oxygen atoms in total. The normalized spacial score (nSPS) is 24.8. The zero-order valence-corrected chi connectivity index (χ0v) is 27.5. The van der Waals surface area contributed by atoms with Gasteiger partial charge in [-0.15, -0.1) is 11.3 Å². The summed E-state index contributed by atoms with van der Waals surface area (Å²) in [4.78, 5) is 13.4. The van der Waals surface area contributed by atoms with Gasteiger partial charge in [0.25, 0.3) is 0 Å². The molecule has 5 heterocycles. The molecule has 3 aliphatic heterocycles. The Morgan fingerprint density at radius 3 is 2.62 bits per heavy atom. The first kappa shape index (κ1) is 32.1. The average Bonchev–Trinajstić information content (AvgIpc) is 3.56. The molecule has 7 rings (SSSR count). The zero-order valence-electron chi connectivity index (χ0n) is 25.9. The van der Waals surface area contributed by atoms with Crippen LogP contribution in [0.1, 0.15) is 38.7 Å². The molecule has 2 aromatic heterocycles. The van der Waals surface area contributed by atoms with Gasteiger partial charge in [-0.2, -0.15) is 15.2 Å². The third-order valence-electron chi connectivity index (χ3n) is 10.1. The van der Waals surface area contributed by atoms with Crippen LogP contribution in [0.4, 0.5) is 28.4 Å². The first-order valence-corrected chi connectivity index (χ1v) is 17.0. The summed E-state index contributed by atoms with van der Waals surface area (Å²) in [5.74, 6) is -2.18. The Kier molecular flexibility index (Phi) is 8.35. The lowest BCUT2D eigenvalue weighted by Crippen LogP contribution is -2.52. The molecule has 2 bridgehead atoms. The highest BCUT2D eigenvalue weighted by atomic mass is 35.5. The number of benzene rings is 2. The van der Waals surface area contributed by atoms with Gasteiger partial charge < -0.3 is 25.6 Å². The molecule has 4 atom stereocenters. The Morgan fingerprint density at radius 2 is 1.94 bits per heavy atom. The summed E-state index contributed by atoms with van der Waals surface area (Å²) in [5, 5.41) is 14.0. The predicted molar refractivity (Wildman–Crippen MR) is 176 cm³/mol. The molecule has 0 saturated carbocycles. The second-order valence-corrected chi connectivity index (χ2v) is 14.6. The Balaban J connectivity index is 1.38. The van der Waals surface area contributed by atoms with Gasteiger partial charge in [0.05, 0.1) is 17.2 Å². The zero-order chi connectivity index (χ0) is 33.2. The fourth-order valence-electron chi connectivity index (χ4n) is 7.66. The SMILES string of the molecule is CCN1CC[C@H](C(F)F)[C@](C)(COc2nc(N3C[C@H]4CC[C@@H](C3)N4)c3cc(Cl)c(-c4c(F)ccc5sc(N)c(C#N)c45)c(F)c3n2)C1. The Hall–Kier alpha value is -3.44. The summed E-state index contributed by atoms with van der Waals surface area (Å²) in [6.45, 7) is 6.57. The van der Waals surface area contributed by atoms with Crippen molar-refractivity contribution in [2.45, 2.75) is 51.6 Å². The molecule has 3 fully saturated rings. The smallest absolute Gasteiger partial charge is 0.319 e. The number of alkyl halides is 2. The van der Waals surface area contributed by atoms with Crippen molar-refractivity contribution in [1.29, 1.82) is 5.26 Å². The number of piperazine rings is 1. The van der Waals surface area contributed by atoms with E-state index in [0.29, 0.717) is 48.5 Å². The standard InChI is InChI=1S/C33H34ClF4N7OS/c1-3-44-9-8-20(29(37)38)33(2,14-44)15-46-32-42-28-18(31(43-32)45-12-16-4-5-17(13-45)41-16)10-21(34)25(27(28)36)26-22(35)6-7-23-24(26)19(11-39)30(40)47-23/h6-7,10,16-17,20,29,41H,3-5,8-9,12-15,40H2,1-2H3/t16-,17+,20-,33+/m1/s1. The van der Waals surface area contributed by atoms with Gasteiger partial charge in [0.2, 0.25) is 6.43 Å². The van der Waals surface area contributed by atoms with E-state index in [1.165, 1.54) is 18.2 Å². The van der Waals surface area contributed by atoms with E-state index in [9.17, 15) is 14.0 Å². The minimum Gasteiger partial charge on any atom is -0.463 e. The lowest BCUT2D eigenvalue weighted by Gasteiger charge is -2.45. The summed E-state index contributed by atoms with van der Waals surface area (Å²) >= 11 is 7.88. The lowest BCUT2D eigenvalue weighted by molar-refractivity contribution is -0.0721. The van der Waals surface area contributed by atoms with Crippen molar-refractivity contribution in [3.63, 3.8) is 0 Å². The van der Waals surface area contributed by atoms with Crippen LogP contribution in [-0.2, 0) is 0 Å². The Labute approximate surface area is 278 Å². The first-order chi connectivity index (χ1) is 22.5. The molecule has 3 saturated heterocycles. The number of hydrogen-bond donors (Lipinski definition) is 2. The van der Waals surface area contributed by atoms with Crippen LogP contribution in [0.15, 0.2) is 18.2 Å². The van der Waals surface area contributed by atoms with Crippen molar-refractivity contribution in [1.82, 2.24) is 20.2 Å². The van der Waals surface area contributed by atoms with Gasteiger partial charge in [0.15, 0.2) is 5.82 Å². The number of nitrogen functional groups attached to an aromatic ring is 1. The molecule has 47 heavy (non-hydrogen) atoms. The van der Waals surface area contributed by atoms with Gasteiger partial charge in [-0.1, -0.05) is 25.4 Å². The molecule has 0 aliphatic carbocycles. The molecule has 14 heteroatoms. The summed E-state index contributed by atoms with van der Waals surface area (Å²) < 4.78 is 67.7. The van der Waals surface area contributed by atoms with Crippen LogP contribution in [0.3, 0.4) is 0 Å². The molecule has 3 aliphatic rings. The van der Waals surface area contributed by atoms with Crippen LogP contribution in [0.2, 0.25) is 5.02 Å². The van der Waals surface area contributed by atoms with E-state index in [1.807, 2.05) is 17.9 Å². The van der Waals surface area contributed by atoms with E-state index in [-0.39, 0.29) is 62.3 Å². The number of halogens is 5. The van der Waals surface area contributed by atoms with Gasteiger partial charge in [0, 0.05) is 69.7 Å². The molecule has 3 N–H and O–H groups in total. The summed E-state index contributed by atoms with van der Waals surface area (Å²) in [7, 11) is 0. The van der Waals surface area contributed by atoms with Crippen LogP contribution in [0, 0.1) is 34.3 Å². The second kappa shape index (κ2) is 12.2. The second-order valence-electron chi connectivity index (χ2n) is 13.1. The molecule has 0 radical (unpaired) electrons. The number of aromatic nitrogens is 2. The topological polar surface area (TPSA) is 103 Å². The van der Waals surface area contributed by atoms with Gasteiger partial charge in [-0.25, -0.2) is 17.6 Å². The lowest BCUT2D eigenvalue weighted by atomic mass is 9.73. The molecule has 248 valence electrons. The number of fused-ring (bicyclic) bond motifs is 4. The fourth-order valence-corrected chi connectivity index (χ4v) is 8.88. The number of thiophene rings is 1. The maximum absolute atomic E-state index is 16.9. The monoisotopic (exact) mass is 687 g/mol. The number of nitrogens with one attached hydrogen (secondary N) is 1. The predicted octanol–water partition coefficient (Wildman–Crippen LogP) is 6.83. The van der Waals surface area contributed by atoms with Crippen molar-refractivity contribution < 1.29 is 22.3 Å². The van der Waals surface area contributed by atoms with Crippen molar-refractivity contribution >= 4 is 54.7 Å². The molecular weight excluding hydrogens is 654 g/mol. The highest BCUT2D eigenvalue weighted by Crippen LogP contribution is 2.46. The minimum atomic E-state index is -2.53. The molecule has 0 amide bonds. The highest BCUT2D eigenvalue weighted by Gasteiger charge is 2.45. The third-order valence-corrected chi connectivity index (χ3v) is 11.4. The number of piperidine rings is 1. The molecular formula is C33H34ClF4N7OS. The van der Waals surface area contributed by atoms with E-state index in [0.717, 1.165) is 30.7 Å². The molecule has 0 spiro atoms. The summed E-state index contributed by atoms with van der Waals surface area (Å²) in [6.07, 6.45) is -0.231. The van der Waals surface area contributed by atoms with E-state index >= 15 is 8.78 Å². The Bertz CT molecular complexity index is 1910. The highest BCUT2D eigenvalue weighted by molar-refractivity contribution is 7.23. The molecule has 0 unspecified atom stereocenters. The van der Waals surface area contributed by atoms with Gasteiger partial charge in [-0.05, 0) is 50.6 Å². The van der Waals surface area contributed by atoms with Crippen molar-refractivity contribution in [2.75, 3.05) is 50.0 Å². The maximum atomic E-state index is 16.9. The minimum absolute atomic E-state index is 0.0363. The summed E-state index contributed by atoms with van der Waals surface area (Å²) in [6, 6.07) is 6.49. The van der Waals surface area contributed by atoms with Crippen molar-refractivity contribution in [2.24, 2.45) is 11.3 Å².